The zero-order valence-electron chi connectivity index (χ0n) is 38.6. The summed E-state index contributed by atoms with van der Waals surface area (Å²) in [6, 6.07) is -1.48. The molecule has 0 spiro atoms. The minimum absolute atomic E-state index is 0.0343. The van der Waals surface area contributed by atoms with Crippen molar-refractivity contribution >= 4 is 68.0 Å². The number of carboxylic acids is 2. The van der Waals surface area contributed by atoms with Crippen molar-refractivity contribution < 1.29 is 67.5 Å². The van der Waals surface area contributed by atoms with Gasteiger partial charge in [-0.1, -0.05) is 86.3 Å². The van der Waals surface area contributed by atoms with Gasteiger partial charge in [0.05, 0.1) is 51.4 Å². The molecule has 8 N–H and O–H groups in total. The number of unbranched alkanes of at least 4 members (excludes halogenated alkanes) is 13. The maximum Gasteiger partial charge on any atom is 0.326 e. The van der Waals surface area contributed by atoms with Gasteiger partial charge in [0, 0.05) is 51.2 Å². The largest absolute Gasteiger partial charge is 0.481 e. The van der Waals surface area contributed by atoms with Crippen molar-refractivity contribution in [2.45, 2.75) is 128 Å². The molecule has 65 heavy (non-hydrogen) atoms. The van der Waals surface area contributed by atoms with Crippen LogP contribution in [0.5, 0.6) is 0 Å². The van der Waals surface area contributed by atoms with Gasteiger partial charge < -0.3 is 61.1 Å². The highest BCUT2D eigenvalue weighted by Crippen LogP contribution is 2.14. The maximum atomic E-state index is 12.3. The maximum absolute atomic E-state index is 12.3. The molecule has 0 bridgehead atoms. The van der Waals surface area contributed by atoms with E-state index in [1.807, 2.05) is 0 Å². The minimum Gasteiger partial charge on any atom is -0.481 e. The van der Waals surface area contributed by atoms with Crippen LogP contribution >= 0.6 is 21.0 Å². The second-order valence-electron chi connectivity index (χ2n) is 15.3. The van der Waals surface area contributed by atoms with Gasteiger partial charge in [-0.2, -0.15) is 0 Å². The van der Waals surface area contributed by atoms with Crippen LogP contribution in [0.2, 0.25) is 0 Å². The summed E-state index contributed by atoms with van der Waals surface area (Å²) in [7, 11) is 3.80. The van der Waals surface area contributed by atoms with Crippen LogP contribution < -0.4 is 31.9 Å². The minimum atomic E-state index is -1.19. The van der Waals surface area contributed by atoms with Crippen LogP contribution in [0.3, 0.4) is 0 Å². The Morgan fingerprint density at radius 1 is 0.492 bits per heavy atom. The fraction of sp³-hybridized carbons (Fsp3) is 0.814. The van der Waals surface area contributed by atoms with E-state index in [0.29, 0.717) is 12.2 Å². The first-order valence-electron chi connectivity index (χ1n) is 23.0. The monoisotopic (exact) mass is 967 g/mol. The number of carbonyl (C=O) groups excluding carboxylic acids is 6. The second kappa shape index (κ2) is 44.4. The molecular formula is C43H79N6O14PS. The van der Waals surface area contributed by atoms with Crippen molar-refractivity contribution in [2.24, 2.45) is 0 Å². The van der Waals surface area contributed by atoms with Gasteiger partial charge in [0.2, 0.25) is 29.5 Å². The van der Waals surface area contributed by atoms with Gasteiger partial charge in [0.15, 0.2) is 5.52 Å². The summed E-state index contributed by atoms with van der Waals surface area (Å²) in [6.07, 6.45) is 15.4. The highest BCUT2D eigenvalue weighted by atomic mass is 32.2. The summed E-state index contributed by atoms with van der Waals surface area (Å²) in [5.41, 5.74) is -0.0709. The molecule has 0 aliphatic heterocycles. The molecule has 22 heteroatoms. The van der Waals surface area contributed by atoms with E-state index in [4.69, 9.17) is 24.1 Å². The molecule has 0 aliphatic carbocycles. The van der Waals surface area contributed by atoms with Crippen molar-refractivity contribution in [1.29, 1.82) is 0 Å². The first-order valence-corrected chi connectivity index (χ1v) is 24.7. The molecule has 0 fully saturated rings. The Bertz CT molecular complexity index is 1340. The summed E-state index contributed by atoms with van der Waals surface area (Å²) >= 11 is 1.33. The number of amides is 5. The van der Waals surface area contributed by atoms with E-state index in [1.54, 1.807) is 7.05 Å². The topological polar surface area (TPSA) is 286 Å². The first kappa shape index (κ1) is 61.5. The third-order valence-electron chi connectivity index (χ3n) is 9.66. The SMILES string of the molecule is CN[C@@H](CSCC(=O)NCCNC(=O)COCCOCCNC(=O)COCCOCCNC(=O)CC[C@H](NC(=O)CCCCCCCCCCCCCCCCC(=O)O)C(=O)O)C(=O)P. The van der Waals surface area contributed by atoms with Gasteiger partial charge in [-0.25, -0.2) is 4.79 Å². The summed E-state index contributed by atoms with van der Waals surface area (Å²) in [4.78, 5) is 93.7. The fourth-order valence-electron chi connectivity index (χ4n) is 6.00. The van der Waals surface area contributed by atoms with Crippen LogP contribution in [-0.2, 0) is 57.3 Å². The third kappa shape index (κ3) is 42.9. The molecule has 0 radical (unpaired) electrons. The summed E-state index contributed by atoms with van der Waals surface area (Å²) in [6.45, 7) is 1.76. The number of hydrogen-bond donors (Lipinski definition) is 8. The quantitative estimate of drug-likeness (QED) is 0.0319. The smallest absolute Gasteiger partial charge is 0.326 e. The summed E-state index contributed by atoms with van der Waals surface area (Å²) < 4.78 is 21.3. The van der Waals surface area contributed by atoms with Gasteiger partial charge in [-0.05, 0) is 26.3 Å². The van der Waals surface area contributed by atoms with Crippen molar-refractivity contribution in [3.8, 4) is 0 Å². The van der Waals surface area contributed by atoms with Crippen LogP contribution in [-0.4, -0.2) is 167 Å². The molecule has 20 nitrogen and oxygen atoms in total. The zero-order valence-corrected chi connectivity index (χ0v) is 40.5. The van der Waals surface area contributed by atoms with E-state index in [-0.39, 0.29) is 152 Å². The number of carbonyl (C=O) groups is 8. The molecule has 376 valence electrons. The molecule has 0 aliphatic rings. The average Bonchev–Trinajstić information content (AvgIpc) is 3.26. The van der Waals surface area contributed by atoms with E-state index in [0.717, 1.165) is 44.9 Å². The Morgan fingerprint density at radius 3 is 1.38 bits per heavy atom. The van der Waals surface area contributed by atoms with Gasteiger partial charge in [0.1, 0.15) is 19.3 Å². The van der Waals surface area contributed by atoms with E-state index in [1.165, 1.54) is 50.3 Å². The molecule has 0 saturated carbocycles. The van der Waals surface area contributed by atoms with Crippen LogP contribution in [0.15, 0.2) is 0 Å². The third-order valence-corrected chi connectivity index (χ3v) is 11.1. The van der Waals surface area contributed by atoms with Crippen molar-refractivity contribution in [1.82, 2.24) is 31.9 Å². The van der Waals surface area contributed by atoms with Crippen LogP contribution in [0.1, 0.15) is 116 Å². The predicted octanol–water partition coefficient (Wildman–Crippen LogP) is 1.92. The second-order valence-corrected chi connectivity index (χ2v) is 16.9. The highest BCUT2D eigenvalue weighted by molar-refractivity contribution is 8.00. The number of carboxylic acid groups (broad SMARTS) is 2. The number of hydrogen-bond acceptors (Lipinski definition) is 14. The van der Waals surface area contributed by atoms with Crippen LogP contribution in [0, 0.1) is 0 Å². The lowest BCUT2D eigenvalue weighted by atomic mass is 10.0. The average molecular weight is 967 g/mol. The Hall–Kier alpha value is -3.46. The number of rotatable bonds is 47. The van der Waals surface area contributed by atoms with Gasteiger partial charge >= 0.3 is 11.9 Å². The van der Waals surface area contributed by atoms with E-state index in [2.05, 4.69) is 41.1 Å². The van der Waals surface area contributed by atoms with Gasteiger partial charge in [-0.15, -0.1) is 11.8 Å². The summed E-state index contributed by atoms with van der Waals surface area (Å²) in [5.74, 6) is -2.79. The lowest BCUT2D eigenvalue weighted by Crippen LogP contribution is -2.41. The Kier molecular flexibility index (Phi) is 42.0. The highest BCUT2D eigenvalue weighted by Gasteiger charge is 2.21. The van der Waals surface area contributed by atoms with Crippen LogP contribution in [0.4, 0.5) is 0 Å². The standard InChI is InChI=1S/C43H79N6O14PS/c1-44-35(43(59)64)32-65-33-40(54)46-21-20-45-38(52)30-62-28-27-61-25-23-48-39(53)31-63-29-26-60-24-22-47-36(50)19-18-34(42(57)58)49-37(51)16-14-12-10-8-6-4-2-3-5-7-9-11-13-15-17-41(55)56/h34-35,44H,2-33,64H2,1H3,(H,45,52)(H,46,54)(H,47,50)(H,48,53)(H,49,51)(H,55,56)(H,57,58)/t34-,35-/m0/s1. The number of likely N-dealkylation sites (N-methyl/N-ethyl adjacent to an activating group) is 1. The van der Waals surface area contributed by atoms with E-state index < -0.39 is 18.0 Å². The first-order chi connectivity index (χ1) is 31.3. The Morgan fingerprint density at radius 2 is 0.923 bits per heavy atom. The van der Waals surface area contributed by atoms with Crippen molar-refractivity contribution in [3.05, 3.63) is 0 Å². The number of ether oxygens (including phenoxy) is 4. The van der Waals surface area contributed by atoms with E-state index >= 15 is 0 Å². The normalized spacial score (nSPS) is 11.9. The molecule has 0 aromatic carbocycles. The molecule has 5 amide bonds. The lowest BCUT2D eigenvalue weighted by Gasteiger charge is -2.14. The molecule has 0 rings (SSSR count). The van der Waals surface area contributed by atoms with Gasteiger partial charge in [0.25, 0.3) is 0 Å². The molecule has 1 unspecified atom stereocenters. The number of nitrogens with one attached hydrogen (secondary N) is 6. The van der Waals surface area contributed by atoms with Crippen molar-refractivity contribution in [2.75, 3.05) is 97.6 Å². The fourth-order valence-corrected chi connectivity index (χ4v) is 7.43. The predicted molar refractivity (Wildman–Crippen MR) is 251 cm³/mol. The number of thioether (sulfide) groups is 1. The van der Waals surface area contributed by atoms with Crippen LogP contribution in [0.25, 0.3) is 0 Å². The lowest BCUT2D eigenvalue weighted by molar-refractivity contribution is -0.142. The summed E-state index contributed by atoms with van der Waals surface area (Å²) in [5, 5.41) is 34.2. The molecular weight excluding hydrogens is 888 g/mol. The molecule has 0 saturated heterocycles. The van der Waals surface area contributed by atoms with E-state index in [9.17, 15) is 43.5 Å². The molecule has 3 atom stereocenters. The Balaban J connectivity index is 3.66. The zero-order chi connectivity index (χ0) is 48.2. The van der Waals surface area contributed by atoms with Gasteiger partial charge in [-0.3, -0.25) is 33.6 Å². The van der Waals surface area contributed by atoms with Crippen molar-refractivity contribution in [3.63, 3.8) is 0 Å². The molecule has 0 heterocycles. The molecule has 0 aromatic heterocycles. The molecule has 0 aromatic rings. The Labute approximate surface area is 391 Å². The number of aliphatic carboxylic acids is 2.